The molecule has 0 aromatic carbocycles. The summed E-state index contributed by atoms with van der Waals surface area (Å²) >= 11 is 0. The fraction of sp³-hybridized carbons (Fsp3) is 0.841. The highest BCUT2D eigenvalue weighted by Gasteiger charge is 2.19. The van der Waals surface area contributed by atoms with Gasteiger partial charge in [-0.25, -0.2) is 0 Å². The number of allylic oxidation sites excluding steroid dienone is 8. The quantitative estimate of drug-likeness (QED) is 0.0261. The third-order valence-corrected chi connectivity index (χ3v) is 14.8. The molecule has 75 heavy (non-hydrogen) atoms. The largest absolute Gasteiger partial charge is 0.462 e. The summed E-state index contributed by atoms with van der Waals surface area (Å²) in [6.45, 7) is 6.64. The Labute approximate surface area is 467 Å². The number of unbranched alkanes of at least 4 members (excludes halogenated alkanes) is 42. The minimum Gasteiger partial charge on any atom is -0.462 e. The monoisotopic (exact) mass is 1050 g/mol. The topological polar surface area (TPSA) is 78.9 Å². The predicted octanol–water partition coefficient (Wildman–Crippen LogP) is 22.6. The first-order valence-corrected chi connectivity index (χ1v) is 33.1. The van der Waals surface area contributed by atoms with E-state index in [-0.39, 0.29) is 31.1 Å². The van der Waals surface area contributed by atoms with Crippen molar-refractivity contribution in [3.05, 3.63) is 48.6 Å². The van der Waals surface area contributed by atoms with Gasteiger partial charge < -0.3 is 14.2 Å². The molecule has 0 fully saturated rings. The van der Waals surface area contributed by atoms with E-state index >= 15 is 0 Å². The maximum atomic E-state index is 12.9. The highest BCUT2D eigenvalue weighted by Crippen LogP contribution is 2.18. The molecule has 0 rings (SSSR count). The maximum Gasteiger partial charge on any atom is 0.306 e. The number of carbonyl (C=O) groups is 3. The van der Waals surface area contributed by atoms with E-state index in [2.05, 4.69) is 69.4 Å². The molecular formula is C69H126O6. The van der Waals surface area contributed by atoms with Gasteiger partial charge in [0.25, 0.3) is 0 Å². The van der Waals surface area contributed by atoms with Crippen molar-refractivity contribution in [2.75, 3.05) is 13.2 Å². The first-order valence-electron chi connectivity index (χ1n) is 33.1. The highest BCUT2D eigenvalue weighted by molar-refractivity contribution is 5.71. The Morgan fingerprint density at radius 3 is 0.760 bits per heavy atom. The first-order chi connectivity index (χ1) is 37.0. The second kappa shape index (κ2) is 63.9. The second-order valence-corrected chi connectivity index (χ2v) is 22.4. The van der Waals surface area contributed by atoms with Gasteiger partial charge in [-0.05, 0) is 83.5 Å². The summed E-state index contributed by atoms with van der Waals surface area (Å²) in [5.41, 5.74) is 0. The molecule has 6 heteroatoms. The lowest BCUT2D eigenvalue weighted by Gasteiger charge is -2.18. The normalized spacial score (nSPS) is 12.3. The van der Waals surface area contributed by atoms with E-state index < -0.39 is 6.10 Å². The molecule has 0 heterocycles. The maximum absolute atomic E-state index is 12.9. The summed E-state index contributed by atoms with van der Waals surface area (Å²) in [6, 6.07) is 0. The predicted molar refractivity (Wildman–Crippen MR) is 325 cm³/mol. The van der Waals surface area contributed by atoms with Gasteiger partial charge in [0.1, 0.15) is 13.2 Å². The Kier molecular flexibility index (Phi) is 61.7. The van der Waals surface area contributed by atoms with Gasteiger partial charge in [0.15, 0.2) is 6.10 Å². The first kappa shape index (κ1) is 72.4. The van der Waals surface area contributed by atoms with Gasteiger partial charge in [-0.15, -0.1) is 0 Å². The third-order valence-electron chi connectivity index (χ3n) is 14.8. The van der Waals surface area contributed by atoms with Crippen LogP contribution in [0.3, 0.4) is 0 Å². The van der Waals surface area contributed by atoms with Crippen molar-refractivity contribution in [2.45, 2.75) is 361 Å². The Morgan fingerprint density at radius 2 is 0.480 bits per heavy atom. The molecule has 0 unspecified atom stereocenters. The lowest BCUT2D eigenvalue weighted by atomic mass is 10.0. The van der Waals surface area contributed by atoms with Gasteiger partial charge in [-0.2, -0.15) is 0 Å². The van der Waals surface area contributed by atoms with Crippen LogP contribution in [0.25, 0.3) is 0 Å². The van der Waals surface area contributed by atoms with Gasteiger partial charge in [0.05, 0.1) is 0 Å². The van der Waals surface area contributed by atoms with Gasteiger partial charge >= 0.3 is 17.9 Å². The molecule has 0 N–H and O–H groups in total. The van der Waals surface area contributed by atoms with Crippen molar-refractivity contribution < 1.29 is 28.6 Å². The van der Waals surface area contributed by atoms with E-state index in [1.54, 1.807) is 0 Å². The van der Waals surface area contributed by atoms with Gasteiger partial charge in [-0.1, -0.05) is 301 Å². The second-order valence-electron chi connectivity index (χ2n) is 22.4. The van der Waals surface area contributed by atoms with Crippen molar-refractivity contribution in [3.8, 4) is 0 Å². The number of ether oxygens (including phenoxy) is 3. The number of esters is 3. The van der Waals surface area contributed by atoms with Crippen LogP contribution in [0.4, 0.5) is 0 Å². The summed E-state index contributed by atoms with van der Waals surface area (Å²) in [7, 11) is 0. The third kappa shape index (κ3) is 62.1. The molecule has 0 aliphatic rings. The van der Waals surface area contributed by atoms with Crippen molar-refractivity contribution in [3.63, 3.8) is 0 Å². The molecule has 0 radical (unpaired) electrons. The molecule has 0 spiro atoms. The summed E-state index contributed by atoms with van der Waals surface area (Å²) in [5.74, 6) is -0.863. The van der Waals surface area contributed by atoms with E-state index in [1.165, 1.54) is 238 Å². The fourth-order valence-corrected chi connectivity index (χ4v) is 9.80. The molecule has 0 saturated heterocycles. The van der Waals surface area contributed by atoms with Gasteiger partial charge in [-0.3, -0.25) is 14.4 Å². The molecule has 0 aromatic rings. The Hall–Kier alpha value is -2.63. The van der Waals surface area contributed by atoms with Gasteiger partial charge in [0.2, 0.25) is 0 Å². The van der Waals surface area contributed by atoms with Crippen LogP contribution in [-0.2, 0) is 28.6 Å². The van der Waals surface area contributed by atoms with E-state index in [9.17, 15) is 14.4 Å². The molecule has 0 bridgehead atoms. The van der Waals surface area contributed by atoms with Crippen LogP contribution in [0.1, 0.15) is 355 Å². The molecular weight excluding hydrogens is 925 g/mol. The average Bonchev–Trinajstić information content (AvgIpc) is 3.41. The molecule has 0 amide bonds. The van der Waals surface area contributed by atoms with Crippen molar-refractivity contribution >= 4 is 17.9 Å². The van der Waals surface area contributed by atoms with Crippen molar-refractivity contribution in [2.24, 2.45) is 0 Å². The number of rotatable bonds is 61. The summed E-state index contributed by atoms with van der Waals surface area (Å²) in [4.78, 5) is 38.4. The zero-order valence-corrected chi connectivity index (χ0v) is 50.3. The standard InChI is InChI=1S/C69H126O6/c1-4-7-10-13-16-19-22-25-28-31-33-34-36-39-41-44-47-50-53-56-59-62-68(71)74-65-66(75-69(72)63-60-57-54-51-48-45-42-37-30-27-24-21-18-15-12-9-6-3)64-73-67(70)61-58-55-52-49-46-43-40-38-35-32-29-26-23-20-17-14-11-8-5-2/h17-18,20-21,26-27,29-30,66H,4-16,19,22-25,28,31-65H2,1-3H3/b20-17-,21-18-,29-26-,30-27-/t66-/m1/s1. The lowest BCUT2D eigenvalue weighted by Crippen LogP contribution is -2.30. The summed E-state index contributed by atoms with van der Waals surface area (Å²) in [5, 5.41) is 0. The van der Waals surface area contributed by atoms with E-state index in [0.717, 1.165) is 77.0 Å². The number of hydrogen-bond donors (Lipinski definition) is 0. The Morgan fingerprint density at radius 1 is 0.267 bits per heavy atom. The zero-order chi connectivity index (χ0) is 54.3. The van der Waals surface area contributed by atoms with E-state index in [0.29, 0.717) is 19.3 Å². The molecule has 0 aromatic heterocycles. The lowest BCUT2D eigenvalue weighted by molar-refractivity contribution is -0.167. The van der Waals surface area contributed by atoms with Crippen LogP contribution < -0.4 is 0 Å². The van der Waals surface area contributed by atoms with Crippen LogP contribution in [0.2, 0.25) is 0 Å². The fourth-order valence-electron chi connectivity index (χ4n) is 9.80. The molecule has 1 atom stereocenters. The molecule has 0 saturated carbocycles. The van der Waals surface area contributed by atoms with Crippen LogP contribution in [0.5, 0.6) is 0 Å². The van der Waals surface area contributed by atoms with Crippen molar-refractivity contribution in [1.82, 2.24) is 0 Å². The van der Waals surface area contributed by atoms with Crippen LogP contribution in [0.15, 0.2) is 48.6 Å². The smallest absolute Gasteiger partial charge is 0.306 e. The van der Waals surface area contributed by atoms with Crippen LogP contribution in [0, 0.1) is 0 Å². The van der Waals surface area contributed by atoms with Crippen molar-refractivity contribution in [1.29, 1.82) is 0 Å². The van der Waals surface area contributed by atoms with Crippen LogP contribution in [-0.4, -0.2) is 37.2 Å². The van der Waals surface area contributed by atoms with Gasteiger partial charge in [0, 0.05) is 19.3 Å². The molecule has 438 valence electrons. The summed E-state index contributed by atoms with van der Waals surface area (Å²) < 4.78 is 17.0. The molecule has 0 aliphatic carbocycles. The molecule has 0 aliphatic heterocycles. The van der Waals surface area contributed by atoms with E-state index in [4.69, 9.17) is 14.2 Å². The highest BCUT2D eigenvalue weighted by atomic mass is 16.6. The number of hydrogen-bond acceptors (Lipinski definition) is 6. The Balaban J connectivity index is 4.33. The Bertz CT molecular complexity index is 1300. The minimum absolute atomic E-state index is 0.0738. The average molecular weight is 1050 g/mol. The van der Waals surface area contributed by atoms with E-state index in [1.807, 2.05) is 0 Å². The van der Waals surface area contributed by atoms with Crippen LogP contribution >= 0.6 is 0 Å². The zero-order valence-electron chi connectivity index (χ0n) is 50.3. The molecule has 6 nitrogen and oxygen atoms in total. The summed E-state index contributed by atoms with van der Waals surface area (Å²) in [6.07, 6.45) is 79.7. The minimum atomic E-state index is -0.778. The number of carbonyl (C=O) groups excluding carboxylic acids is 3. The SMILES string of the molecule is CCCCC/C=C\C/C=C\CCCCCCCCCCCC(=O)OC[C@H](COC(=O)CCCCCCCCCCCCCCCCCCCCCCC)OC(=O)CCCCCCCCC/C=C\C/C=C\CCCCC.